The lowest BCUT2D eigenvalue weighted by atomic mass is 9.93. The van der Waals surface area contributed by atoms with Crippen molar-refractivity contribution in [1.82, 2.24) is 0 Å². The van der Waals surface area contributed by atoms with Gasteiger partial charge in [0.25, 0.3) is 0 Å². The molecule has 0 saturated heterocycles. The molecule has 0 spiro atoms. The number of nitrogens with zero attached hydrogens (tertiary/aromatic N) is 1. The Morgan fingerprint density at radius 1 is 0.327 bits per heavy atom. The summed E-state index contributed by atoms with van der Waals surface area (Å²) in [6, 6.07) is 71.1. The van der Waals surface area contributed by atoms with Crippen molar-refractivity contribution in [3.8, 4) is 33.4 Å². The maximum absolute atomic E-state index is 6.55. The van der Waals surface area contributed by atoms with E-state index in [1.165, 1.54) is 21.9 Å². The third-order valence-electron chi connectivity index (χ3n) is 10.9. The number of furan rings is 2. The van der Waals surface area contributed by atoms with E-state index in [9.17, 15) is 0 Å². The van der Waals surface area contributed by atoms with Crippen molar-refractivity contribution >= 4 is 71.7 Å². The van der Waals surface area contributed by atoms with E-state index in [4.69, 9.17) is 8.83 Å². The molecule has 0 amide bonds. The number of benzene rings is 9. The summed E-state index contributed by atoms with van der Waals surface area (Å²) in [5.74, 6) is 0. The largest absolute Gasteiger partial charge is 0.456 e. The topological polar surface area (TPSA) is 29.5 Å². The fraction of sp³-hybridized carbons (Fsp3) is 0. The van der Waals surface area contributed by atoms with Gasteiger partial charge in [-0.25, -0.2) is 0 Å². The molecule has 2 heterocycles. The number of rotatable bonds is 6. The number of anilines is 3. The van der Waals surface area contributed by atoms with Gasteiger partial charge < -0.3 is 13.7 Å². The van der Waals surface area contributed by atoms with Crippen LogP contribution in [0.2, 0.25) is 0 Å². The van der Waals surface area contributed by atoms with Gasteiger partial charge in [0, 0.05) is 38.4 Å². The second-order valence-electron chi connectivity index (χ2n) is 14.1. The molecule has 9 aromatic carbocycles. The molecule has 0 aliphatic heterocycles. The molecule has 3 nitrogen and oxygen atoms in total. The number of hydrogen-bond acceptors (Lipinski definition) is 3. The molecule has 0 atom stereocenters. The predicted octanol–water partition coefficient (Wildman–Crippen LogP) is 15.1. The molecule has 11 rings (SSSR count). The van der Waals surface area contributed by atoms with Crippen LogP contribution in [-0.2, 0) is 0 Å². The molecule has 0 fully saturated rings. The third-order valence-corrected chi connectivity index (χ3v) is 10.9. The zero-order valence-corrected chi connectivity index (χ0v) is 29.8. The zero-order valence-electron chi connectivity index (χ0n) is 29.8. The maximum atomic E-state index is 6.55. The van der Waals surface area contributed by atoms with E-state index in [1.54, 1.807) is 0 Å². The molecule has 258 valence electrons. The van der Waals surface area contributed by atoms with Crippen LogP contribution in [0.15, 0.2) is 209 Å². The van der Waals surface area contributed by atoms with Gasteiger partial charge in [-0.15, -0.1) is 0 Å². The minimum absolute atomic E-state index is 0.859. The monoisotopic (exact) mass is 703 g/mol. The van der Waals surface area contributed by atoms with Gasteiger partial charge in [-0.1, -0.05) is 140 Å². The van der Waals surface area contributed by atoms with E-state index < -0.39 is 0 Å². The molecule has 0 unspecified atom stereocenters. The first-order valence-electron chi connectivity index (χ1n) is 18.7. The van der Waals surface area contributed by atoms with Crippen molar-refractivity contribution < 1.29 is 8.83 Å². The predicted molar refractivity (Wildman–Crippen MR) is 229 cm³/mol. The fourth-order valence-corrected chi connectivity index (χ4v) is 8.28. The zero-order chi connectivity index (χ0) is 36.3. The summed E-state index contributed by atoms with van der Waals surface area (Å²) >= 11 is 0. The molecule has 0 bridgehead atoms. The molecule has 55 heavy (non-hydrogen) atoms. The molecule has 0 N–H and O–H groups in total. The smallest absolute Gasteiger partial charge is 0.136 e. The van der Waals surface area contributed by atoms with Gasteiger partial charge in [-0.2, -0.15) is 0 Å². The van der Waals surface area contributed by atoms with Crippen LogP contribution in [0.1, 0.15) is 0 Å². The summed E-state index contributed by atoms with van der Waals surface area (Å²) < 4.78 is 12.8. The van der Waals surface area contributed by atoms with E-state index >= 15 is 0 Å². The summed E-state index contributed by atoms with van der Waals surface area (Å²) in [5.41, 5.74) is 13.5. The Hall–Kier alpha value is -7.36. The van der Waals surface area contributed by atoms with Gasteiger partial charge in [0.05, 0.1) is 11.4 Å². The Labute approximate surface area is 317 Å². The lowest BCUT2D eigenvalue weighted by Crippen LogP contribution is -2.12. The van der Waals surface area contributed by atoms with E-state index in [2.05, 4.69) is 187 Å². The Bertz CT molecular complexity index is 3210. The Balaban J connectivity index is 1.20. The molecular weight excluding hydrogens is 671 g/mol. The first-order valence-corrected chi connectivity index (χ1v) is 18.7. The lowest BCUT2D eigenvalue weighted by Gasteiger charge is -2.30. The van der Waals surface area contributed by atoms with Crippen LogP contribution in [0.25, 0.3) is 88.0 Å². The molecule has 0 saturated carbocycles. The third kappa shape index (κ3) is 5.20. The van der Waals surface area contributed by atoms with Crippen LogP contribution in [0.3, 0.4) is 0 Å². The van der Waals surface area contributed by atoms with Crippen molar-refractivity contribution in [1.29, 1.82) is 0 Å². The van der Waals surface area contributed by atoms with Gasteiger partial charge in [-0.3, -0.25) is 0 Å². The summed E-state index contributed by atoms with van der Waals surface area (Å²) in [4.78, 5) is 2.42. The Morgan fingerprint density at radius 2 is 0.927 bits per heavy atom. The van der Waals surface area contributed by atoms with Crippen molar-refractivity contribution in [2.24, 2.45) is 0 Å². The van der Waals surface area contributed by atoms with Gasteiger partial charge in [-0.05, 0) is 93.7 Å². The fourth-order valence-electron chi connectivity index (χ4n) is 8.28. The summed E-state index contributed by atoms with van der Waals surface area (Å²) in [5, 5.41) is 6.80. The highest BCUT2D eigenvalue weighted by atomic mass is 16.3. The number of para-hydroxylation sites is 3. The SMILES string of the molecule is c1ccc(-c2ccc(N(c3ccccc3-c3ccc4oc5ccccc5c4c3)c3ccc4oc5ccccc5c4c3-c3ccc4ccccc4c3)cc2)cc1. The first-order chi connectivity index (χ1) is 27.3. The average Bonchev–Trinajstić information content (AvgIpc) is 3.82. The quantitative estimate of drug-likeness (QED) is 0.173. The summed E-state index contributed by atoms with van der Waals surface area (Å²) in [6.45, 7) is 0. The molecule has 0 aliphatic rings. The highest BCUT2D eigenvalue weighted by Gasteiger charge is 2.25. The standard InChI is InChI=1S/C52H33NO2/c1-2-12-34(13-3-1)36-24-27-40(28-25-36)53(45-19-9-6-16-41(45)38-26-30-49-44(33-38)42-17-7-10-20-47(42)54-49)46-29-31-50-52(43-18-8-11-21-48(43)55-50)51(46)39-23-22-35-14-4-5-15-37(35)32-39/h1-33H. The number of fused-ring (bicyclic) bond motifs is 7. The minimum Gasteiger partial charge on any atom is -0.456 e. The Morgan fingerprint density at radius 3 is 1.78 bits per heavy atom. The van der Waals surface area contributed by atoms with E-state index in [1.807, 2.05) is 18.2 Å². The molecule has 0 aliphatic carbocycles. The van der Waals surface area contributed by atoms with Crippen LogP contribution in [0.5, 0.6) is 0 Å². The van der Waals surface area contributed by atoms with Crippen LogP contribution in [0, 0.1) is 0 Å². The molecule has 11 aromatic rings. The highest BCUT2D eigenvalue weighted by Crippen LogP contribution is 2.50. The first kappa shape index (κ1) is 31.2. The van der Waals surface area contributed by atoms with Gasteiger partial charge in [0.2, 0.25) is 0 Å². The van der Waals surface area contributed by atoms with E-state index in [0.717, 1.165) is 83.2 Å². The van der Waals surface area contributed by atoms with Crippen molar-refractivity contribution in [3.63, 3.8) is 0 Å². The van der Waals surface area contributed by atoms with Gasteiger partial charge in [0.15, 0.2) is 0 Å². The summed E-state index contributed by atoms with van der Waals surface area (Å²) in [7, 11) is 0. The van der Waals surface area contributed by atoms with Crippen LogP contribution in [0.4, 0.5) is 17.1 Å². The van der Waals surface area contributed by atoms with Crippen LogP contribution in [-0.4, -0.2) is 0 Å². The highest BCUT2D eigenvalue weighted by molar-refractivity contribution is 6.17. The minimum atomic E-state index is 0.859. The maximum Gasteiger partial charge on any atom is 0.136 e. The molecule has 0 radical (unpaired) electrons. The lowest BCUT2D eigenvalue weighted by molar-refractivity contribution is 0.668. The number of hydrogen-bond donors (Lipinski definition) is 0. The average molecular weight is 704 g/mol. The normalized spacial score (nSPS) is 11.6. The van der Waals surface area contributed by atoms with Crippen LogP contribution < -0.4 is 4.90 Å². The van der Waals surface area contributed by atoms with E-state index in [0.29, 0.717) is 0 Å². The van der Waals surface area contributed by atoms with Crippen LogP contribution >= 0.6 is 0 Å². The van der Waals surface area contributed by atoms with Gasteiger partial charge >= 0.3 is 0 Å². The van der Waals surface area contributed by atoms with E-state index in [-0.39, 0.29) is 0 Å². The van der Waals surface area contributed by atoms with Gasteiger partial charge in [0.1, 0.15) is 22.3 Å². The molecule has 2 aromatic heterocycles. The second-order valence-corrected chi connectivity index (χ2v) is 14.1. The Kier molecular flexibility index (Phi) is 7.17. The second kappa shape index (κ2) is 12.6. The van der Waals surface area contributed by atoms with Crippen molar-refractivity contribution in [2.75, 3.05) is 4.90 Å². The summed E-state index contributed by atoms with van der Waals surface area (Å²) in [6.07, 6.45) is 0. The molecular formula is C52H33NO2. The molecule has 3 heteroatoms. The van der Waals surface area contributed by atoms with Crippen molar-refractivity contribution in [2.45, 2.75) is 0 Å². The van der Waals surface area contributed by atoms with Crippen molar-refractivity contribution in [3.05, 3.63) is 200 Å².